The Hall–Kier alpha value is -0.440. The van der Waals surface area contributed by atoms with Crippen LogP contribution in [0.5, 0.6) is 0 Å². The van der Waals surface area contributed by atoms with Gasteiger partial charge in [-0.1, -0.05) is 29.3 Å². The van der Waals surface area contributed by atoms with Gasteiger partial charge in [-0.05, 0) is 25.5 Å². The molecule has 0 heterocycles. The monoisotopic (exact) mass is 294 g/mol. The summed E-state index contributed by atoms with van der Waals surface area (Å²) >= 11 is 18.2. The van der Waals surface area contributed by atoms with Gasteiger partial charge in [-0.25, -0.2) is 0 Å². The molecule has 1 unspecified atom stereocenters. The minimum Gasteiger partial charge on any atom is -0.466 e. The van der Waals surface area contributed by atoms with Crippen LogP contribution in [0.4, 0.5) is 0 Å². The van der Waals surface area contributed by atoms with E-state index in [9.17, 15) is 4.79 Å². The number of alkyl halides is 1. The van der Waals surface area contributed by atoms with Gasteiger partial charge in [0.05, 0.1) is 12.0 Å². The number of benzene rings is 1. The van der Waals surface area contributed by atoms with Gasteiger partial charge in [0.25, 0.3) is 0 Å². The number of halogens is 3. The van der Waals surface area contributed by atoms with Crippen molar-refractivity contribution in [3.63, 3.8) is 0 Å². The van der Waals surface area contributed by atoms with Crippen molar-refractivity contribution in [1.82, 2.24) is 0 Å². The maximum atomic E-state index is 11.2. The van der Waals surface area contributed by atoms with Crippen molar-refractivity contribution < 1.29 is 9.53 Å². The lowest BCUT2D eigenvalue weighted by Gasteiger charge is -2.12. The van der Waals surface area contributed by atoms with E-state index in [2.05, 4.69) is 0 Å². The Morgan fingerprint density at radius 3 is 2.47 bits per heavy atom. The van der Waals surface area contributed by atoms with Crippen molar-refractivity contribution in [2.24, 2.45) is 0 Å². The summed E-state index contributed by atoms with van der Waals surface area (Å²) in [4.78, 5) is 11.2. The number of hydrogen-bond donors (Lipinski definition) is 0. The highest BCUT2D eigenvalue weighted by molar-refractivity contribution is 6.37. The molecule has 94 valence electrons. The lowest BCUT2D eigenvalue weighted by atomic mass is 10.1. The predicted octanol–water partition coefficient (Wildman–Crippen LogP) is 4.62. The number of ether oxygens (including phenoxy) is 1. The summed E-state index contributed by atoms with van der Waals surface area (Å²) in [6.07, 6.45) is 0.702. The number of esters is 1. The SMILES string of the molecule is CCOC(=O)CCC(Cl)c1c(Cl)cccc1Cl. The second kappa shape index (κ2) is 7.10. The van der Waals surface area contributed by atoms with Crippen molar-refractivity contribution in [1.29, 1.82) is 0 Å². The second-order valence-electron chi connectivity index (χ2n) is 3.45. The molecule has 0 N–H and O–H groups in total. The van der Waals surface area contributed by atoms with Crippen LogP contribution in [0.25, 0.3) is 0 Å². The molecular weight excluding hydrogens is 282 g/mol. The molecule has 0 saturated heterocycles. The van der Waals surface area contributed by atoms with Crippen LogP contribution in [-0.4, -0.2) is 12.6 Å². The third-order valence-electron chi connectivity index (χ3n) is 2.22. The minimum absolute atomic E-state index is 0.254. The quantitative estimate of drug-likeness (QED) is 0.585. The average Bonchev–Trinajstić information content (AvgIpc) is 2.26. The highest BCUT2D eigenvalue weighted by atomic mass is 35.5. The van der Waals surface area contributed by atoms with Crippen LogP contribution in [0.1, 0.15) is 30.7 Å². The fourth-order valence-corrected chi connectivity index (χ4v) is 2.55. The van der Waals surface area contributed by atoms with E-state index in [-0.39, 0.29) is 17.8 Å². The standard InChI is InChI=1S/C12H13Cl3O2/c1-2-17-11(16)7-6-10(15)12-8(13)4-3-5-9(12)14/h3-5,10H,2,6-7H2,1H3. The summed E-state index contributed by atoms with van der Waals surface area (Å²) in [7, 11) is 0. The Balaban J connectivity index is 2.64. The van der Waals surface area contributed by atoms with E-state index in [1.165, 1.54) is 0 Å². The van der Waals surface area contributed by atoms with Crippen LogP contribution >= 0.6 is 34.8 Å². The molecule has 5 heteroatoms. The van der Waals surface area contributed by atoms with Crippen LogP contribution < -0.4 is 0 Å². The fraction of sp³-hybridized carbons (Fsp3) is 0.417. The van der Waals surface area contributed by atoms with Gasteiger partial charge in [0, 0.05) is 22.0 Å². The zero-order chi connectivity index (χ0) is 12.8. The van der Waals surface area contributed by atoms with E-state index in [0.29, 0.717) is 28.6 Å². The topological polar surface area (TPSA) is 26.3 Å². The first-order chi connectivity index (χ1) is 8.06. The van der Waals surface area contributed by atoms with Gasteiger partial charge >= 0.3 is 5.97 Å². The highest BCUT2D eigenvalue weighted by Gasteiger charge is 2.17. The van der Waals surface area contributed by atoms with Gasteiger partial charge in [0.2, 0.25) is 0 Å². The Morgan fingerprint density at radius 1 is 1.35 bits per heavy atom. The molecule has 1 aromatic rings. The van der Waals surface area contributed by atoms with E-state index < -0.39 is 0 Å². The van der Waals surface area contributed by atoms with E-state index in [1.807, 2.05) is 0 Å². The molecule has 1 atom stereocenters. The Kier molecular flexibility index (Phi) is 6.10. The van der Waals surface area contributed by atoms with E-state index in [0.717, 1.165) is 0 Å². The summed E-state index contributed by atoms with van der Waals surface area (Å²) in [5.41, 5.74) is 0.668. The third kappa shape index (κ3) is 4.38. The number of rotatable bonds is 5. The minimum atomic E-state index is -0.388. The molecule has 0 bridgehead atoms. The molecule has 0 aromatic heterocycles. The van der Waals surface area contributed by atoms with Crippen LogP contribution in [-0.2, 0) is 9.53 Å². The fourth-order valence-electron chi connectivity index (χ4n) is 1.43. The van der Waals surface area contributed by atoms with Crippen LogP contribution in [0, 0.1) is 0 Å². The normalized spacial score (nSPS) is 12.2. The largest absolute Gasteiger partial charge is 0.466 e. The molecular formula is C12H13Cl3O2. The maximum absolute atomic E-state index is 11.2. The van der Waals surface area contributed by atoms with Crippen LogP contribution in [0.15, 0.2) is 18.2 Å². The van der Waals surface area contributed by atoms with Gasteiger partial charge in [-0.3, -0.25) is 4.79 Å². The van der Waals surface area contributed by atoms with Crippen molar-refractivity contribution in [2.45, 2.75) is 25.1 Å². The van der Waals surface area contributed by atoms with Gasteiger partial charge < -0.3 is 4.74 Å². The van der Waals surface area contributed by atoms with Crippen LogP contribution in [0.3, 0.4) is 0 Å². The first kappa shape index (κ1) is 14.6. The summed E-state index contributed by atoms with van der Waals surface area (Å²) in [6.45, 7) is 2.14. The van der Waals surface area contributed by atoms with Gasteiger partial charge in [-0.15, -0.1) is 11.6 Å². The summed E-state index contributed by atoms with van der Waals surface area (Å²) in [6, 6.07) is 5.20. The molecule has 1 aromatic carbocycles. The molecule has 0 amide bonds. The molecule has 0 fully saturated rings. The first-order valence-corrected chi connectivity index (χ1v) is 6.49. The van der Waals surface area contributed by atoms with Crippen molar-refractivity contribution in [2.75, 3.05) is 6.61 Å². The first-order valence-electron chi connectivity index (χ1n) is 5.29. The van der Waals surface area contributed by atoms with Gasteiger partial charge in [0.15, 0.2) is 0 Å². The third-order valence-corrected chi connectivity index (χ3v) is 3.32. The van der Waals surface area contributed by atoms with E-state index in [1.54, 1.807) is 25.1 Å². The predicted molar refractivity (Wildman–Crippen MR) is 70.9 cm³/mol. The summed E-state index contributed by atoms with van der Waals surface area (Å²) in [5.74, 6) is -0.263. The highest BCUT2D eigenvalue weighted by Crippen LogP contribution is 2.36. The zero-order valence-corrected chi connectivity index (χ0v) is 11.6. The molecule has 2 nitrogen and oxygen atoms in total. The molecule has 0 saturated carbocycles. The molecule has 0 radical (unpaired) electrons. The van der Waals surface area contributed by atoms with Crippen LogP contribution in [0.2, 0.25) is 10.0 Å². The number of hydrogen-bond acceptors (Lipinski definition) is 2. The smallest absolute Gasteiger partial charge is 0.305 e. The molecule has 0 aliphatic rings. The number of carbonyl (C=O) groups is 1. The Bertz CT molecular complexity index is 373. The molecule has 0 spiro atoms. The van der Waals surface area contributed by atoms with Gasteiger partial charge in [-0.2, -0.15) is 0 Å². The average molecular weight is 296 g/mol. The molecule has 17 heavy (non-hydrogen) atoms. The maximum Gasteiger partial charge on any atom is 0.305 e. The lowest BCUT2D eigenvalue weighted by molar-refractivity contribution is -0.143. The number of carbonyl (C=O) groups excluding carboxylic acids is 1. The molecule has 0 aliphatic heterocycles. The van der Waals surface area contributed by atoms with Gasteiger partial charge in [0.1, 0.15) is 0 Å². The molecule has 0 aliphatic carbocycles. The van der Waals surface area contributed by atoms with Crippen molar-refractivity contribution in [3.05, 3.63) is 33.8 Å². The summed E-state index contributed by atoms with van der Waals surface area (Å²) in [5, 5.41) is 0.642. The van der Waals surface area contributed by atoms with Crippen molar-refractivity contribution in [3.8, 4) is 0 Å². The Morgan fingerprint density at radius 2 is 1.94 bits per heavy atom. The van der Waals surface area contributed by atoms with E-state index >= 15 is 0 Å². The summed E-state index contributed by atoms with van der Waals surface area (Å²) < 4.78 is 4.83. The zero-order valence-electron chi connectivity index (χ0n) is 9.38. The Labute approximate surface area is 116 Å². The van der Waals surface area contributed by atoms with E-state index in [4.69, 9.17) is 39.5 Å². The molecule has 1 rings (SSSR count). The second-order valence-corrected chi connectivity index (χ2v) is 4.79. The van der Waals surface area contributed by atoms with Crippen molar-refractivity contribution >= 4 is 40.8 Å². The lowest BCUT2D eigenvalue weighted by Crippen LogP contribution is -2.05.